The van der Waals surface area contributed by atoms with E-state index in [-0.39, 0.29) is 17.0 Å². The molecular formula is C20H19N5O2. The van der Waals surface area contributed by atoms with Crippen molar-refractivity contribution in [2.75, 3.05) is 0 Å². The second-order valence-electron chi connectivity index (χ2n) is 6.40. The average molecular weight is 361 g/mol. The van der Waals surface area contributed by atoms with Gasteiger partial charge in [-0.2, -0.15) is 0 Å². The lowest BCUT2D eigenvalue weighted by Crippen LogP contribution is -2.19. The fraction of sp³-hybridized carbons (Fsp3) is 0.200. The number of aromatic hydroxyl groups is 1. The van der Waals surface area contributed by atoms with E-state index in [1.54, 1.807) is 23.1 Å². The summed E-state index contributed by atoms with van der Waals surface area (Å²) in [4.78, 5) is 16.8. The molecule has 0 aliphatic heterocycles. The maximum atomic E-state index is 12.5. The third-order valence-corrected chi connectivity index (χ3v) is 4.44. The van der Waals surface area contributed by atoms with Crippen LogP contribution in [0.5, 0.6) is 5.75 Å². The van der Waals surface area contributed by atoms with Crippen molar-refractivity contribution in [3.63, 3.8) is 0 Å². The molecule has 0 aliphatic carbocycles. The van der Waals surface area contributed by atoms with Gasteiger partial charge in [0.2, 0.25) is 0 Å². The minimum atomic E-state index is -0.156. The van der Waals surface area contributed by atoms with Crippen LogP contribution >= 0.6 is 0 Å². The molecule has 136 valence electrons. The molecule has 4 aromatic rings. The number of fused-ring (bicyclic) bond motifs is 1. The number of rotatable bonds is 5. The van der Waals surface area contributed by atoms with Crippen molar-refractivity contribution < 1.29 is 5.11 Å². The fourth-order valence-electron chi connectivity index (χ4n) is 3.09. The van der Waals surface area contributed by atoms with Gasteiger partial charge in [-0.3, -0.25) is 9.20 Å². The number of nitrogens with zero attached hydrogens (tertiary/aromatic N) is 5. The van der Waals surface area contributed by atoms with E-state index in [0.29, 0.717) is 29.8 Å². The molecule has 0 radical (unpaired) electrons. The molecule has 0 saturated carbocycles. The van der Waals surface area contributed by atoms with Crippen LogP contribution in [0, 0.1) is 0 Å². The highest BCUT2D eigenvalue weighted by Gasteiger charge is 2.15. The molecule has 0 spiro atoms. The standard InChI is InChI=1S/C20H19N5O2/c1-2-6-15-11-21-19-18(26)16(9-10-25(19)20(15)27)17-13-24(23-22-17)12-14-7-4-3-5-8-14/h3-5,7-11,13,26H,2,6,12H2,1H3. The third kappa shape index (κ3) is 3.19. The molecule has 7 heteroatoms. The molecular weight excluding hydrogens is 342 g/mol. The maximum absolute atomic E-state index is 12.5. The van der Waals surface area contributed by atoms with Crippen molar-refractivity contribution in [3.8, 4) is 17.0 Å². The van der Waals surface area contributed by atoms with Crippen LogP contribution in [0.4, 0.5) is 0 Å². The Hall–Kier alpha value is -3.48. The molecule has 1 N–H and O–H groups in total. The summed E-state index contributed by atoms with van der Waals surface area (Å²) in [7, 11) is 0. The highest BCUT2D eigenvalue weighted by Crippen LogP contribution is 2.29. The van der Waals surface area contributed by atoms with Crippen molar-refractivity contribution in [3.05, 3.63) is 76.5 Å². The summed E-state index contributed by atoms with van der Waals surface area (Å²) in [5, 5.41) is 18.9. The highest BCUT2D eigenvalue weighted by atomic mass is 16.3. The molecule has 0 fully saturated rings. The summed E-state index contributed by atoms with van der Waals surface area (Å²) in [5.41, 5.74) is 2.82. The summed E-state index contributed by atoms with van der Waals surface area (Å²) in [5.74, 6) is -0.0793. The molecule has 0 bridgehead atoms. The molecule has 3 heterocycles. The predicted octanol–water partition coefficient (Wildman–Crippen LogP) is 2.66. The summed E-state index contributed by atoms with van der Waals surface area (Å²) in [6.07, 6.45) is 6.44. The number of aromatic nitrogens is 5. The van der Waals surface area contributed by atoms with Crippen LogP contribution in [0.2, 0.25) is 0 Å². The van der Waals surface area contributed by atoms with E-state index in [4.69, 9.17) is 0 Å². The maximum Gasteiger partial charge on any atom is 0.261 e. The van der Waals surface area contributed by atoms with Crippen molar-refractivity contribution in [2.45, 2.75) is 26.3 Å². The molecule has 0 aliphatic rings. The summed E-state index contributed by atoms with van der Waals surface area (Å²) in [6, 6.07) is 11.6. The second kappa shape index (κ2) is 7.03. The lowest BCUT2D eigenvalue weighted by Gasteiger charge is -2.07. The van der Waals surface area contributed by atoms with Crippen LogP contribution in [-0.2, 0) is 13.0 Å². The Labute approximate surface area is 155 Å². The van der Waals surface area contributed by atoms with Crippen molar-refractivity contribution in [1.29, 1.82) is 0 Å². The predicted molar refractivity (Wildman–Crippen MR) is 102 cm³/mol. The van der Waals surface area contributed by atoms with Gasteiger partial charge in [-0.1, -0.05) is 48.9 Å². The van der Waals surface area contributed by atoms with Gasteiger partial charge >= 0.3 is 0 Å². The smallest absolute Gasteiger partial charge is 0.261 e. The molecule has 0 saturated heterocycles. The second-order valence-corrected chi connectivity index (χ2v) is 6.40. The molecule has 27 heavy (non-hydrogen) atoms. The molecule has 7 nitrogen and oxygen atoms in total. The largest absolute Gasteiger partial charge is 0.504 e. The first-order valence-corrected chi connectivity index (χ1v) is 8.84. The van der Waals surface area contributed by atoms with E-state index >= 15 is 0 Å². The Morgan fingerprint density at radius 1 is 1.15 bits per heavy atom. The van der Waals surface area contributed by atoms with E-state index in [9.17, 15) is 9.90 Å². The van der Waals surface area contributed by atoms with E-state index in [1.165, 1.54) is 10.6 Å². The normalized spacial score (nSPS) is 11.1. The molecule has 4 rings (SSSR count). The Kier molecular flexibility index (Phi) is 4.42. The minimum Gasteiger partial charge on any atom is -0.504 e. The van der Waals surface area contributed by atoms with Gasteiger partial charge in [0.05, 0.1) is 18.3 Å². The Morgan fingerprint density at radius 3 is 2.74 bits per heavy atom. The van der Waals surface area contributed by atoms with Gasteiger partial charge in [0.15, 0.2) is 11.4 Å². The number of pyridine rings is 1. The summed E-state index contributed by atoms with van der Waals surface area (Å²) < 4.78 is 3.08. The number of hydrogen-bond acceptors (Lipinski definition) is 5. The van der Waals surface area contributed by atoms with Crippen molar-refractivity contribution in [1.82, 2.24) is 24.4 Å². The third-order valence-electron chi connectivity index (χ3n) is 4.44. The first-order valence-electron chi connectivity index (χ1n) is 8.84. The Balaban J connectivity index is 1.71. The van der Waals surface area contributed by atoms with Gasteiger partial charge in [-0.05, 0) is 18.1 Å². The zero-order chi connectivity index (χ0) is 18.8. The molecule has 3 aromatic heterocycles. The van der Waals surface area contributed by atoms with E-state index in [2.05, 4.69) is 15.3 Å². The quantitative estimate of drug-likeness (QED) is 0.591. The van der Waals surface area contributed by atoms with Crippen LogP contribution in [0.3, 0.4) is 0 Å². The van der Waals surface area contributed by atoms with Crippen LogP contribution in [0.1, 0.15) is 24.5 Å². The Bertz CT molecular complexity index is 1150. The van der Waals surface area contributed by atoms with E-state index in [0.717, 1.165) is 12.0 Å². The average Bonchev–Trinajstić information content (AvgIpc) is 3.13. The number of hydrogen-bond donors (Lipinski definition) is 1. The topological polar surface area (TPSA) is 85.3 Å². The van der Waals surface area contributed by atoms with E-state index < -0.39 is 0 Å². The first kappa shape index (κ1) is 17.0. The van der Waals surface area contributed by atoms with Gasteiger partial charge in [0, 0.05) is 18.0 Å². The summed E-state index contributed by atoms with van der Waals surface area (Å²) in [6.45, 7) is 2.59. The monoisotopic (exact) mass is 361 g/mol. The van der Waals surface area contributed by atoms with Crippen LogP contribution < -0.4 is 5.56 Å². The molecule has 0 atom stereocenters. The minimum absolute atomic E-state index is 0.0793. The lowest BCUT2D eigenvalue weighted by molar-refractivity contribution is 0.478. The zero-order valence-corrected chi connectivity index (χ0v) is 14.9. The van der Waals surface area contributed by atoms with Crippen molar-refractivity contribution >= 4 is 5.65 Å². The summed E-state index contributed by atoms with van der Waals surface area (Å²) >= 11 is 0. The van der Waals surface area contributed by atoms with Gasteiger partial charge < -0.3 is 5.11 Å². The number of benzene rings is 1. The zero-order valence-electron chi connectivity index (χ0n) is 14.9. The number of aryl methyl sites for hydroxylation is 1. The van der Waals surface area contributed by atoms with Gasteiger partial charge in [-0.15, -0.1) is 5.10 Å². The Morgan fingerprint density at radius 2 is 1.96 bits per heavy atom. The fourth-order valence-corrected chi connectivity index (χ4v) is 3.09. The SMILES string of the molecule is CCCc1cnc2c(O)c(-c3cn(Cc4ccccc4)nn3)ccn2c1=O. The van der Waals surface area contributed by atoms with Gasteiger partial charge in [-0.25, -0.2) is 9.67 Å². The van der Waals surface area contributed by atoms with E-state index in [1.807, 2.05) is 37.3 Å². The molecule has 0 amide bonds. The van der Waals surface area contributed by atoms with Gasteiger partial charge in [0.1, 0.15) is 5.69 Å². The van der Waals surface area contributed by atoms with Gasteiger partial charge in [0.25, 0.3) is 5.56 Å². The van der Waals surface area contributed by atoms with Crippen LogP contribution in [0.15, 0.2) is 59.8 Å². The van der Waals surface area contributed by atoms with Crippen LogP contribution in [0.25, 0.3) is 16.9 Å². The van der Waals surface area contributed by atoms with Crippen LogP contribution in [-0.4, -0.2) is 29.5 Å². The lowest BCUT2D eigenvalue weighted by atomic mass is 10.1. The van der Waals surface area contributed by atoms with Crippen molar-refractivity contribution in [2.24, 2.45) is 0 Å². The highest BCUT2D eigenvalue weighted by molar-refractivity contribution is 5.74. The first-order chi connectivity index (χ1) is 13.2. The molecule has 0 unspecified atom stereocenters. The molecule has 1 aromatic carbocycles.